The van der Waals surface area contributed by atoms with E-state index in [0.717, 1.165) is 16.8 Å². The van der Waals surface area contributed by atoms with E-state index in [1.54, 1.807) is 6.92 Å². The van der Waals surface area contributed by atoms with Gasteiger partial charge in [0.25, 0.3) is 0 Å². The van der Waals surface area contributed by atoms with Gasteiger partial charge in [0.05, 0.1) is 12.1 Å². The van der Waals surface area contributed by atoms with E-state index < -0.39 is 6.10 Å². The smallest absolute Gasteiger partial charge is 0.0704 e. The summed E-state index contributed by atoms with van der Waals surface area (Å²) in [4.78, 5) is 0. The minimum Gasteiger partial charge on any atom is -0.399 e. The maximum Gasteiger partial charge on any atom is 0.0704 e. The van der Waals surface area contributed by atoms with Crippen LogP contribution in [0, 0.1) is 6.92 Å². The summed E-state index contributed by atoms with van der Waals surface area (Å²) in [6.07, 6.45) is -0.539. The average molecular weight is 180 g/mol. The van der Waals surface area contributed by atoms with Crippen molar-refractivity contribution in [3.63, 3.8) is 0 Å². The Balaban J connectivity index is 2.97. The number of hydrogen-bond acceptors (Lipinski definition) is 3. The van der Waals surface area contributed by atoms with Gasteiger partial charge in [0.1, 0.15) is 0 Å². The molecule has 1 aromatic rings. The maximum absolute atomic E-state index is 9.28. The van der Waals surface area contributed by atoms with Gasteiger partial charge in [-0.15, -0.1) is 0 Å². The molecule has 0 saturated carbocycles. The lowest BCUT2D eigenvalue weighted by atomic mass is 10.0. The molecule has 0 heterocycles. The Kier molecular flexibility index (Phi) is 2.90. The summed E-state index contributed by atoms with van der Waals surface area (Å²) in [5.41, 5.74) is 14.1. The Bertz CT molecular complexity index is 297. The fourth-order valence-electron chi connectivity index (χ4n) is 1.18. The number of aliphatic hydroxyl groups excluding tert-OH is 1. The molecule has 0 unspecified atom stereocenters. The van der Waals surface area contributed by atoms with Crippen molar-refractivity contribution >= 4 is 5.69 Å². The monoisotopic (exact) mass is 180 g/mol. The van der Waals surface area contributed by atoms with Crippen LogP contribution in [0.1, 0.15) is 24.1 Å². The highest BCUT2D eigenvalue weighted by molar-refractivity contribution is 5.48. The van der Waals surface area contributed by atoms with Gasteiger partial charge in [0.15, 0.2) is 0 Å². The number of hydrogen-bond donors (Lipinski definition) is 3. The normalized spacial score (nSPS) is 15.4. The number of anilines is 1. The van der Waals surface area contributed by atoms with Crippen LogP contribution in [0.4, 0.5) is 5.69 Å². The average Bonchev–Trinajstić information content (AvgIpc) is 2.08. The summed E-state index contributed by atoms with van der Waals surface area (Å²) in [7, 11) is 0. The zero-order valence-electron chi connectivity index (χ0n) is 7.99. The number of rotatable bonds is 2. The third kappa shape index (κ3) is 2.20. The first kappa shape index (κ1) is 10.0. The first-order valence-corrected chi connectivity index (χ1v) is 4.32. The van der Waals surface area contributed by atoms with Crippen LogP contribution < -0.4 is 11.5 Å². The number of benzene rings is 1. The molecule has 13 heavy (non-hydrogen) atoms. The zero-order chi connectivity index (χ0) is 10.0. The van der Waals surface area contributed by atoms with E-state index in [1.165, 1.54) is 0 Å². The van der Waals surface area contributed by atoms with Crippen LogP contribution in [-0.4, -0.2) is 11.2 Å². The van der Waals surface area contributed by atoms with Gasteiger partial charge >= 0.3 is 0 Å². The van der Waals surface area contributed by atoms with Crippen molar-refractivity contribution < 1.29 is 5.11 Å². The number of nitrogen functional groups attached to an aromatic ring is 1. The third-order valence-corrected chi connectivity index (χ3v) is 2.20. The molecule has 1 aromatic carbocycles. The molecule has 3 nitrogen and oxygen atoms in total. The van der Waals surface area contributed by atoms with Gasteiger partial charge in [-0.3, -0.25) is 0 Å². The molecule has 0 spiro atoms. The molecule has 0 bridgehead atoms. The standard InChI is InChI=1S/C10H16N2O/c1-6-5-8(3-4-9(6)11)10(12)7(2)13/h3-5,7,10,13H,11-12H2,1-2H3/t7-,10+/m0/s1. The van der Waals surface area contributed by atoms with Crippen LogP contribution >= 0.6 is 0 Å². The summed E-state index contributed by atoms with van der Waals surface area (Å²) in [6.45, 7) is 3.60. The molecule has 1 rings (SSSR count). The van der Waals surface area contributed by atoms with E-state index >= 15 is 0 Å². The van der Waals surface area contributed by atoms with E-state index in [2.05, 4.69) is 0 Å². The molecule has 0 aliphatic carbocycles. The van der Waals surface area contributed by atoms with E-state index in [1.807, 2.05) is 25.1 Å². The van der Waals surface area contributed by atoms with Crippen molar-refractivity contribution in [1.82, 2.24) is 0 Å². The molecule has 0 fully saturated rings. The zero-order valence-corrected chi connectivity index (χ0v) is 7.99. The van der Waals surface area contributed by atoms with Gasteiger partial charge in [-0.1, -0.05) is 12.1 Å². The Morgan fingerprint density at radius 1 is 1.38 bits per heavy atom. The van der Waals surface area contributed by atoms with Crippen LogP contribution in [0.5, 0.6) is 0 Å². The molecular weight excluding hydrogens is 164 g/mol. The Morgan fingerprint density at radius 3 is 2.46 bits per heavy atom. The second-order valence-electron chi connectivity index (χ2n) is 3.38. The molecule has 0 aliphatic rings. The second kappa shape index (κ2) is 3.77. The minimum absolute atomic E-state index is 0.334. The van der Waals surface area contributed by atoms with Crippen LogP contribution in [0.3, 0.4) is 0 Å². The van der Waals surface area contributed by atoms with Crippen LogP contribution in [0.15, 0.2) is 18.2 Å². The van der Waals surface area contributed by atoms with Crippen LogP contribution in [0.25, 0.3) is 0 Å². The molecule has 5 N–H and O–H groups in total. The maximum atomic E-state index is 9.28. The summed E-state index contributed by atoms with van der Waals surface area (Å²) < 4.78 is 0. The van der Waals surface area contributed by atoms with Crippen LogP contribution in [0.2, 0.25) is 0 Å². The molecule has 72 valence electrons. The topological polar surface area (TPSA) is 72.3 Å². The summed E-state index contributed by atoms with van der Waals surface area (Å²) in [6, 6.07) is 5.23. The Hall–Kier alpha value is -1.06. The predicted molar refractivity (Wildman–Crippen MR) is 54.2 cm³/mol. The largest absolute Gasteiger partial charge is 0.399 e. The number of aliphatic hydroxyl groups is 1. The molecule has 0 saturated heterocycles. The fraction of sp³-hybridized carbons (Fsp3) is 0.400. The Morgan fingerprint density at radius 2 is 2.00 bits per heavy atom. The molecule has 2 atom stereocenters. The predicted octanol–water partition coefficient (Wildman–Crippen LogP) is 0.958. The highest BCUT2D eigenvalue weighted by Crippen LogP contribution is 2.19. The van der Waals surface area contributed by atoms with Crippen molar-refractivity contribution in [2.75, 3.05) is 5.73 Å². The molecule has 3 heteroatoms. The summed E-state index contributed by atoms with van der Waals surface area (Å²) in [5.74, 6) is 0. The summed E-state index contributed by atoms with van der Waals surface area (Å²) in [5, 5.41) is 9.28. The van der Waals surface area contributed by atoms with Gasteiger partial charge < -0.3 is 16.6 Å². The first-order valence-electron chi connectivity index (χ1n) is 4.32. The third-order valence-electron chi connectivity index (χ3n) is 2.20. The van der Waals surface area contributed by atoms with Crippen molar-refractivity contribution in [3.8, 4) is 0 Å². The number of nitrogens with two attached hydrogens (primary N) is 2. The van der Waals surface area contributed by atoms with Gasteiger partial charge in [-0.05, 0) is 31.0 Å². The minimum atomic E-state index is -0.539. The van der Waals surface area contributed by atoms with Gasteiger partial charge in [-0.2, -0.15) is 0 Å². The highest BCUT2D eigenvalue weighted by Gasteiger charge is 2.11. The molecule has 0 radical (unpaired) electrons. The van der Waals surface area contributed by atoms with Gasteiger partial charge in [0.2, 0.25) is 0 Å². The van der Waals surface area contributed by atoms with Crippen molar-refractivity contribution in [3.05, 3.63) is 29.3 Å². The Labute approximate surface area is 78.4 Å². The van der Waals surface area contributed by atoms with E-state index in [9.17, 15) is 5.11 Å². The van der Waals surface area contributed by atoms with Crippen molar-refractivity contribution in [2.45, 2.75) is 26.0 Å². The molecule has 0 aromatic heterocycles. The second-order valence-corrected chi connectivity index (χ2v) is 3.38. The lowest BCUT2D eigenvalue weighted by Crippen LogP contribution is -2.23. The van der Waals surface area contributed by atoms with E-state index in [4.69, 9.17) is 11.5 Å². The first-order chi connectivity index (χ1) is 6.02. The van der Waals surface area contributed by atoms with Gasteiger partial charge in [0, 0.05) is 5.69 Å². The van der Waals surface area contributed by atoms with E-state index in [-0.39, 0.29) is 6.04 Å². The highest BCUT2D eigenvalue weighted by atomic mass is 16.3. The van der Waals surface area contributed by atoms with Crippen LogP contribution in [-0.2, 0) is 0 Å². The van der Waals surface area contributed by atoms with Gasteiger partial charge in [-0.25, -0.2) is 0 Å². The SMILES string of the molecule is Cc1cc([C@H](N)[C@H](C)O)ccc1N. The number of aryl methyl sites for hydroxylation is 1. The van der Waals surface area contributed by atoms with E-state index in [0.29, 0.717) is 0 Å². The lowest BCUT2D eigenvalue weighted by molar-refractivity contribution is 0.164. The van der Waals surface area contributed by atoms with Crippen molar-refractivity contribution in [2.24, 2.45) is 5.73 Å². The molecular formula is C10H16N2O. The quantitative estimate of drug-likeness (QED) is 0.593. The fourth-order valence-corrected chi connectivity index (χ4v) is 1.18. The summed E-state index contributed by atoms with van der Waals surface area (Å²) >= 11 is 0. The molecule has 0 aliphatic heterocycles. The lowest BCUT2D eigenvalue weighted by Gasteiger charge is -2.15. The molecule has 0 amide bonds. The van der Waals surface area contributed by atoms with Crippen molar-refractivity contribution in [1.29, 1.82) is 0 Å².